The van der Waals surface area contributed by atoms with Gasteiger partial charge in [0.2, 0.25) is 0 Å². The minimum absolute atomic E-state index is 0.0667. The number of nitrogens with zero attached hydrogens (tertiary/aromatic N) is 1. The monoisotopic (exact) mass is 217 g/mol. The molecule has 0 aromatic heterocycles. The first-order valence-corrected chi connectivity index (χ1v) is 4.88. The largest absolute Gasteiger partial charge is 0.467 e. The lowest BCUT2D eigenvalue weighted by atomic mass is 10.2. The van der Waals surface area contributed by atoms with Crippen LogP contribution >= 0.6 is 12.2 Å². The first kappa shape index (κ1) is 11.4. The number of likely N-dealkylation sites (tertiary alicyclic amines) is 1. The van der Waals surface area contributed by atoms with Crippen LogP contribution in [0.15, 0.2) is 0 Å². The van der Waals surface area contributed by atoms with Gasteiger partial charge < -0.3 is 14.4 Å². The third-order valence-corrected chi connectivity index (χ3v) is 2.71. The van der Waals surface area contributed by atoms with Crippen molar-refractivity contribution in [3.8, 4) is 0 Å². The Bertz CT molecular complexity index is 244. The Morgan fingerprint density at radius 3 is 2.57 bits per heavy atom. The van der Waals surface area contributed by atoms with E-state index >= 15 is 0 Å². The number of hydrogen-bond acceptors (Lipinski definition) is 4. The molecular weight excluding hydrogens is 202 g/mol. The number of rotatable bonds is 2. The number of thiocarbonyl (C=S) groups is 1. The highest BCUT2D eigenvalue weighted by Crippen LogP contribution is 2.21. The molecule has 80 valence electrons. The van der Waals surface area contributed by atoms with E-state index in [1.807, 2.05) is 11.8 Å². The summed E-state index contributed by atoms with van der Waals surface area (Å²) in [4.78, 5) is 14.0. The smallest absolute Gasteiger partial charge is 0.328 e. The number of ether oxygens (including phenoxy) is 2. The molecule has 0 N–H and O–H groups in total. The summed E-state index contributed by atoms with van der Waals surface area (Å²) in [5.74, 6) is -0.242. The van der Waals surface area contributed by atoms with Gasteiger partial charge in [-0.05, 0) is 6.92 Å². The summed E-state index contributed by atoms with van der Waals surface area (Å²) in [5, 5.41) is 0. The normalized spacial score (nSPS) is 26.4. The third-order valence-electron chi connectivity index (χ3n) is 2.47. The summed E-state index contributed by atoms with van der Waals surface area (Å²) >= 11 is 5.06. The first-order valence-electron chi connectivity index (χ1n) is 4.48. The first-order chi connectivity index (χ1) is 6.60. The van der Waals surface area contributed by atoms with Gasteiger partial charge in [-0.2, -0.15) is 0 Å². The van der Waals surface area contributed by atoms with Crippen molar-refractivity contribution in [2.24, 2.45) is 0 Å². The highest BCUT2D eigenvalue weighted by atomic mass is 32.1. The molecule has 0 aliphatic carbocycles. The summed E-state index contributed by atoms with van der Waals surface area (Å²) in [6, 6.07) is -0.276. The molecule has 0 saturated carbocycles. The van der Waals surface area contributed by atoms with E-state index in [2.05, 4.69) is 0 Å². The fraction of sp³-hybridized carbons (Fsp3) is 0.778. The van der Waals surface area contributed by atoms with E-state index in [9.17, 15) is 4.79 Å². The number of esters is 1. The Kier molecular flexibility index (Phi) is 3.83. The van der Waals surface area contributed by atoms with Crippen LogP contribution in [0.3, 0.4) is 0 Å². The molecule has 1 aliphatic heterocycles. The van der Waals surface area contributed by atoms with Crippen LogP contribution in [0.5, 0.6) is 0 Å². The van der Waals surface area contributed by atoms with Crippen molar-refractivity contribution in [2.45, 2.75) is 25.5 Å². The van der Waals surface area contributed by atoms with E-state index in [1.54, 1.807) is 7.11 Å². The molecule has 0 radical (unpaired) electrons. The van der Waals surface area contributed by atoms with E-state index in [0.29, 0.717) is 18.0 Å². The summed E-state index contributed by atoms with van der Waals surface area (Å²) < 4.78 is 9.92. The Labute approximate surface area is 89.2 Å². The van der Waals surface area contributed by atoms with Crippen molar-refractivity contribution < 1.29 is 14.3 Å². The molecule has 1 rings (SSSR count). The quantitative estimate of drug-likeness (QED) is 0.500. The van der Waals surface area contributed by atoms with Crippen molar-refractivity contribution in [3.05, 3.63) is 0 Å². The van der Waals surface area contributed by atoms with E-state index in [-0.39, 0.29) is 18.1 Å². The van der Waals surface area contributed by atoms with Crippen LogP contribution in [-0.2, 0) is 14.3 Å². The maximum absolute atomic E-state index is 11.4. The molecule has 0 amide bonds. The Balaban J connectivity index is 2.71. The summed E-state index contributed by atoms with van der Waals surface area (Å²) in [6.07, 6.45) is 0.717. The van der Waals surface area contributed by atoms with E-state index in [0.717, 1.165) is 0 Å². The lowest BCUT2D eigenvalue weighted by Crippen LogP contribution is -2.39. The zero-order valence-corrected chi connectivity index (χ0v) is 9.47. The fourth-order valence-electron chi connectivity index (χ4n) is 1.68. The third kappa shape index (κ3) is 2.22. The van der Waals surface area contributed by atoms with Crippen LogP contribution in [0.2, 0.25) is 0 Å². The molecule has 0 spiro atoms. The standard InChI is InChI=1S/C9H15NO3S/c1-6(14)10-5-7(12-2)4-8(10)9(11)13-3/h7-8H,4-5H2,1-3H3/t7-,8-/m0/s1. The predicted molar refractivity (Wildman–Crippen MR) is 56.2 cm³/mol. The molecular formula is C9H15NO3S. The Hall–Kier alpha value is -0.680. The minimum Gasteiger partial charge on any atom is -0.467 e. The van der Waals surface area contributed by atoms with Gasteiger partial charge in [-0.3, -0.25) is 0 Å². The molecule has 1 heterocycles. The van der Waals surface area contributed by atoms with Gasteiger partial charge in [-0.1, -0.05) is 12.2 Å². The Morgan fingerprint density at radius 2 is 2.14 bits per heavy atom. The molecule has 1 fully saturated rings. The van der Waals surface area contributed by atoms with Gasteiger partial charge in [-0.15, -0.1) is 0 Å². The molecule has 14 heavy (non-hydrogen) atoms. The van der Waals surface area contributed by atoms with Gasteiger partial charge >= 0.3 is 5.97 Å². The highest BCUT2D eigenvalue weighted by molar-refractivity contribution is 7.80. The van der Waals surface area contributed by atoms with Gasteiger partial charge in [-0.25, -0.2) is 4.79 Å². The molecule has 0 unspecified atom stereocenters. The molecule has 1 saturated heterocycles. The van der Waals surface area contributed by atoms with E-state index in [1.165, 1.54) is 7.11 Å². The summed E-state index contributed by atoms with van der Waals surface area (Å²) in [5.41, 5.74) is 0. The lowest BCUT2D eigenvalue weighted by Gasteiger charge is -2.22. The molecule has 5 heteroatoms. The van der Waals surface area contributed by atoms with Crippen LogP contribution in [0, 0.1) is 0 Å². The molecule has 0 bridgehead atoms. The van der Waals surface area contributed by atoms with Crippen molar-refractivity contribution >= 4 is 23.2 Å². The Morgan fingerprint density at radius 1 is 1.50 bits per heavy atom. The van der Waals surface area contributed by atoms with Gasteiger partial charge in [0.15, 0.2) is 0 Å². The second kappa shape index (κ2) is 4.70. The second-order valence-electron chi connectivity index (χ2n) is 3.30. The van der Waals surface area contributed by atoms with Crippen LogP contribution in [0.4, 0.5) is 0 Å². The fourth-order valence-corrected chi connectivity index (χ4v) is 1.88. The average Bonchev–Trinajstić information content (AvgIpc) is 2.60. The van der Waals surface area contributed by atoms with Gasteiger partial charge in [0.1, 0.15) is 6.04 Å². The van der Waals surface area contributed by atoms with Crippen molar-refractivity contribution in [3.63, 3.8) is 0 Å². The number of carbonyl (C=O) groups excluding carboxylic acids is 1. The molecule has 0 aromatic rings. The van der Waals surface area contributed by atoms with Crippen LogP contribution in [0.25, 0.3) is 0 Å². The van der Waals surface area contributed by atoms with Gasteiger partial charge in [0.25, 0.3) is 0 Å². The second-order valence-corrected chi connectivity index (χ2v) is 3.89. The number of carbonyl (C=O) groups is 1. The lowest BCUT2D eigenvalue weighted by molar-refractivity contribution is -0.144. The van der Waals surface area contributed by atoms with Crippen LogP contribution in [-0.4, -0.2) is 48.8 Å². The van der Waals surface area contributed by atoms with Crippen molar-refractivity contribution in [2.75, 3.05) is 20.8 Å². The van der Waals surface area contributed by atoms with Gasteiger partial charge in [0, 0.05) is 20.1 Å². The zero-order chi connectivity index (χ0) is 10.7. The molecule has 0 aromatic carbocycles. The molecule has 4 nitrogen and oxygen atoms in total. The zero-order valence-electron chi connectivity index (χ0n) is 8.65. The minimum atomic E-state index is -0.276. The van der Waals surface area contributed by atoms with Gasteiger partial charge in [0.05, 0.1) is 18.2 Å². The summed E-state index contributed by atoms with van der Waals surface area (Å²) in [6.45, 7) is 2.48. The highest BCUT2D eigenvalue weighted by Gasteiger charge is 2.37. The topological polar surface area (TPSA) is 38.8 Å². The van der Waals surface area contributed by atoms with E-state index in [4.69, 9.17) is 21.7 Å². The number of methoxy groups -OCH3 is 2. The molecule has 1 aliphatic rings. The maximum atomic E-state index is 11.4. The van der Waals surface area contributed by atoms with Crippen molar-refractivity contribution in [1.29, 1.82) is 0 Å². The van der Waals surface area contributed by atoms with Crippen molar-refractivity contribution in [1.82, 2.24) is 4.90 Å². The number of hydrogen-bond donors (Lipinski definition) is 0. The SMILES string of the molecule is COC(=O)[C@@H]1C[C@H](OC)CN1C(C)=S. The van der Waals surface area contributed by atoms with Crippen LogP contribution < -0.4 is 0 Å². The summed E-state index contributed by atoms with van der Waals surface area (Å²) in [7, 11) is 3.03. The average molecular weight is 217 g/mol. The van der Waals surface area contributed by atoms with Crippen LogP contribution in [0.1, 0.15) is 13.3 Å². The van der Waals surface area contributed by atoms with E-state index < -0.39 is 0 Å². The maximum Gasteiger partial charge on any atom is 0.328 e. The predicted octanol–water partition coefficient (Wildman–Crippen LogP) is 0.596. The molecule has 2 atom stereocenters.